The van der Waals surface area contributed by atoms with Crippen LogP contribution in [0.5, 0.6) is 0 Å². The Labute approximate surface area is 74.9 Å². The summed E-state index contributed by atoms with van der Waals surface area (Å²) in [5.74, 6) is 3.56. The van der Waals surface area contributed by atoms with E-state index in [-0.39, 0.29) is 0 Å². The molecule has 0 aromatic carbocycles. The summed E-state index contributed by atoms with van der Waals surface area (Å²) in [6.07, 6.45) is 6.69. The van der Waals surface area contributed by atoms with Crippen molar-refractivity contribution in [2.75, 3.05) is 0 Å². The van der Waals surface area contributed by atoms with Crippen LogP contribution in [-0.4, -0.2) is 0 Å². The van der Waals surface area contributed by atoms with Crippen molar-refractivity contribution in [2.45, 2.75) is 19.8 Å². The third kappa shape index (κ3) is 2.13. The molecule has 0 amide bonds. The third-order valence-corrected chi connectivity index (χ3v) is 1.88. The summed E-state index contributed by atoms with van der Waals surface area (Å²) in [7, 11) is 0. The summed E-state index contributed by atoms with van der Waals surface area (Å²) >= 11 is 3.26. The fourth-order valence-electron chi connectivity index (χ4n) is 0.912. The van der Waals surface area contributed by atoms with Gasteiger partial charge in [-0.05, 0) is 34.5 Å². The number of furan rings is 1. The number of halogens is 1. The molecular formula is C9H9BrO. The van der Waals surface area contributed by atoms with Crippen molar-refractivity contribution >= 4 is 15.9 Å². The zero-order valence-corrected chi connectivity index (χ0v) is 7.94. The largest absolute Gasteiger partial charge is 0.454 e. The highest BCUT2D eigenvalue weighted by Crippen LogP contribution is 2.20. The highest BCUT2D eigenvalue weighted by Gasteiger charge is 2.03. The predicted molar refractivity (Wildman–Crippen MR) is 48.3 cm³/mol. The van der Waals surface area contributed by atoms with Crippen LogP contribution in [0.2, 0.25) is 0 Å². The first-order chi connectivity index (χ1) is 5.24. The minimum Gasteiger partial charge on any atom is -0.454 e. The van der Waals surface area contributed by atoms with Gasteiger partial charge in [0.15, 0.2) is 4.67 Å². The second kappa shape index (κ2) is 3.64. The summed E-state index contributed by atoms with van der Waals surface area (Å²) in [4.78, 5) is 0. The van der Waals surface area contributed by atoms with E-state index in [9.17, 15) is 0 Å². The normalized spacial score (nSPS) is 9.55. The third-order valence-electron chi connectivity index (χ3n) is 1.49. The number of rotatable bonds is 2. The molecule has 0 unspecified atom stereocenters. The van der Waals surface area contributed by atoms with E-state index in [1.807, 2.05) is 13.0 Å². The minimum absolute atomic E-state index is 0.737. The fourth-order valence-corrected chi connectivity index (χ4v) is 1.45. The van der Waals surface area contributed by atoms with Crippen LogP contribution in [0.1, 0.15) is 17.7 Å². The molecule has 0 N–H and O–H groups in total. The van der Waals surface area contributed by atoms with E-state index >= 15 is 0 Å². The molecule has 2 heteroatoms. The quantitative estimate of drug-likeness (QED) is 0.688. The van der Waals surface area contributed by atoms with Crippen molar-refractivity contribution in [3.63, 3.8) is 0 Å². The van der Waals surface area contributed by atoms with Gasteiger partial charge in [0.1, 0.15) is 5.76 Å². The van der Waals surface area contributed by atoms with Crippen molar-refractivity contribution in [3.05, 3.63) is 22.1 Å². The minimum atomic E-state index is 0.737. The zero-order valence-electron chi connectivity index (χ0n) is 6.36. The molecular weight excluding hydrogens is 204 g/mol. The van der Waals surface area contributed by atoms with Gasteiger partial charge in [-0.25, -0.2) is 0 Å². The lowest BCUT2D eigenvalue weighted by Gasteiger charge is -1.91. The summed E-state index contributed by atoms with van der Waals surface area (Å²) < 4.78 is 6.12. The monoisotopic (exact) mass is 212 g/mol. The Kier molecular flexibility index (Phi) is 2.78. The molecule has 1 aromatic heterocycles. The summed E-state index contributed by atoms with van der Waals surface area (Å²) in [5, 5.41) is 0. The van der Waals surface area contributed by atoms with Gasteiger partial charge in [0.25, 0.3) is 0 Å². The maximum Gasteiger partial charge on any atom is 0.169 e. The van der Waals surface area contributed by atoms with Crippen LogP contribution in [0.25, 0.3) is 0 Å². The van der Waals surface area contributed by atoms with Crippen LogP contribution >= 0.6 is 15.9 Å². The Morgan fingerprint density at radius 3 is 2.91 bits per heavy atom. The highest BCUT2D eigenvalue weighted by atomic mass is 79.9. The molecule has 1 aromatic rings. The number of hydrogen-bond acceptors (Lipinski definition) is 1. The van der Waals surface area contributed by atoms with Crippen LogP contribution in [0.15, 0.2) is 15.2 Å². The zero-order chi connectivity index (χ0) is 8.27. The highest BCUT2D eigenvalue weighted by molar-refractivity contribution is 9.10. The van der Waals surface area contributed by atoms with E-state index in [0.29, 0.717) is 0 Å². The number of aryl methyl sites for hydroxylation is 2. The van der Waals surface area contributed by atoms with Gasteiger partial charge in [-0.1, -0.05) is 0 Å². The Hall–Kier alpha value is -0.680. The molecule has 0 radical (unpaired) electrons. The van der Waals surface area contributed by atoms with E-state index in [4.69, 9.17) is 10.8 Å². The molecule has 0 fully saturated rings. The van der Waals surface area contributed by atoms with Gasteiger partial charge >= 0.3 is 0 Å². The molecule has 11 heavy (non-hydrogen) atoms. The predicted octanol–water partition coefficient (Wildman–Crippen LogP) is 2.92. The molecule has 0 aliphatic carbocycles. The smallest absolute Gasteiger partial charge is 0.169 e. The van der Waals surface area contributed by atoms with Gasteiger partial charge in [0, 0.05) is 12.8 Å². The molecule has 0 aliphatic heterocycles. The topological polar surface area (TPSA) is 13.1 Å². The van der Waals surface area contributed by atoms with Crippen molar-refractivity contribution < 1.29 is 4.42 Å². The van der Waals surface area contributed by atoms with Gasteiger partial charge in [0.05, 0.1) is 0 Å². The molecule has 0 bridgehead atoms. The SMILES string of the molecule is C#CCCc1oc(Br)cc1C. The maximum atomic E-state index is 5.34. The first-order valence-electron chi connectivity index (χ1n) is 3.42. The lowest BCUT2D eigenvalue weighted by molar-refractivity contribution is 0.487. The van der Waals surface area contributed by atoms with Crippen LogP contribution in [0.3, 0.4) is 0 Å². The van der Waals surface area contributed by atoms with Gasteiger partial charge in [-0.3, -0.25) is 0 Å². The van der Waals surface area contributed by atoms with Gasteiger partial charge in [-0.15, -0.1) is 12.3 Å². The second-order valence-corrected chi connectivity index (χ2v) is 3.14. The van der Waals surface area contributed by atoms with Gasteiger partial charge < -0.3 is 4.42 Å². The number of hydrogen-bond donors (Lipinski definition) is 0. The molecule has 0 spiro atoms. The van der Waals surface area contributed by atoms with E-state index in [0.717, 1.165) is 28.8 Å². The van der Waals surface area contributed by atoms with Crippen LogP contribution in [0, 0.1) is 19.3 Å². The molecule has 0 atom stereocenters. The van der Waals surface area contributed by atoms with E-state index in [1.54, 1.807) is 0 Å². The molecule has 0 aliphatic rings. The maximum absolute atomic E-state index is 5.34. The first-order valence-corrected chi connectivity index (χ1v) is 4.21. The van der Waals surface area contributed by atoms with Gasteiger partial charge in [-0.2, -0.15) is 0 Å². The Bertz CT molecular complexity index is 280. The summed E-state index contributed by atoms with van der Waals surface area (Å²) in [6.45, 7) is 2.01. The average molecular weight is 213 g/mol. The van der Waals surface area contributed by atoms with Crippen molar-refractivity contribution in [2.24, 2.45) is 0 Å². The van der Waals surface area contributed by atoms with Crippen LogP contribution in [-0.2, 0) is 6.42 Å². The molecule has 58 valence electrons. The molecule has 1 heterocycles. The molecule has 0 saturated carbocycles. The van der Waals surface area contributed by atoms with Crippen molar-refractivity contribution in [1.82, 2.24) is 0 Å². The second-order valence-electron chi connectivity index (χ2n) is 2.36. The molecule has 1 rings (SSSR count). The van der Waals surface area contributed by atoms with Crippen molar-refractivity contribution in [1.29, 1.82) is 0 Å². The average Bonchev–Trinajstić information content (AvgIpc) is 2.26. The number of terminal acetylenes is 1. The van der Waals surface area contributed by atoms with Crippen LogP contribution in [0.4, 0.5) is 0 Å². The van der Waals surface area contributed by atoms with Crippen molar-refractivity contribution in [3.8, 4) is 12.3 Å². The Morgan fingerprint density at radius 2 is 2.45 bits per heavy atom. The fraction of sp³-hybridized carbons (Fsp3) is 0.333. The standard InChI is InChI=1S/C9H9BrO/c1-3-4-5-8-7(2)6-9(10)11-8/h1,6H,4-5H2,2H3. The summed E-state index contributed by atoms with van der Waals surface area (Å²) in [6, 6.07) is 1.95. The van der Waals surface area contributed by atoms with E-state index in [1.165, 1.54) is 0 Å². The van der Waals surface area contributed by atoms with Gasteiger partial charge in [0.2, 0.25) is 0 Å². The molecule has 0 saturated heterocycles. The molecule has 1 nitrogen and oxygen atoms in total. The lowest BCUT2D eigenvalue weighted by atomic mass is 10.2. The lowest BCUT2D eigenvalue weighted by Crippen LogP contribution is -1.81. The Balaban J connectivity index is 2.71. The van der Waals surface area contributed by atoms with E-state index < -0.39 is 0 Å². The first kappa shape index (κ1) is 8.42. The van der Waals surface area contributed by atoms with E-state index in [2.05, 4.69) is 21.9 Å². The van der Waals surface area contributed by atoms with Crippen LogP contribution < -0.4 is 0 Å². The Morgan fingerprint density at radius 1 is 1.73 bits per heavy atom. The summed E-state index contributed by atoms with van der Waals surface area (Å²) in [5.41, 5.74) is 1.16.